The number of nitrogens with one attached hydrogen (secondary N) is 2. The first-order chi connectivity index (χ1) is 14.6. The van der Waals surface area contributed by atoms with E-state index in [1.54, 1.807) is 11.8 Å². The van der Waals surface area contributed by atoms with Gasteiger partial charge in [-0.1, -0.05) is 44.9 Å². The van der Waals surface area contributed by atoms with Crippen LogP contribution in [0.2, 0.25) is 0 Å². The first-order valence-electron chi connectivity index (χ1n) is 11.7. The van der Waals surface area contributed by atoms with E-state index in [0.29, 0.717) is 12.0 Å². The molecule has 0 aromatic carbocycles. The molecule has 0 aliphatic heterocycles. The molecule has 1 fully saturated rings. The van der Waals surface area contributed by atoms with Gasteiger partial charge in [0.15, 0.2) is 11.1 Å². The highest BCUT2D eigenvalue weighted by atomic mass is 32.2. The van der Waals surface area contributed by atoms with E-state index in [0.717, 1.165) is 69.0 Å². The third kappa shape index (κ3) is 9.25. The molecule has 0 amide bonds. The van der Waals surface area contributed by atoms with E-state index in [4.69, 9.17) is 9.73 Å². The van der Waals surface area contributed by atoms with Crippen molar-refractivity contribution < 1.29 is 4.74 Å². The summed E-state index contributed by atoms with van der Waals surface area (Å²) in [5.74, 6) is 2.54. The normalized spacial score (nSPS) is 15.7. The number of nitrogens with zero attached hydrogens (tertiary/aromatic N) is 4. The van der Waals surface area contributed by atoms with E-state index in [1.807, 2.05) is 0 Å². The second-order valence-corrected chi connectivity index (χ2v) is 9.16. The van der Waals surface area contributed by atoms with Gasteiger partial charge in [0.2, 0.25) is 0 Å². The highest BCUT2D eigenvalue weighted by molar-refractivity contribution is 7.98. The number of ether oxygens (including phenoxy) is 1. The van der Waals surface area contributed by atoms with Crippen molar-refractivity contribution in [2.75, 3.05) is 32.5 Å². The third-order valence-electron chi connectivity index (χ3n) is 5.22. The predicted molar refractivity (Wildman–Crippen MR) is 126 cm³/mol. The van der Waals surface area contributed by atoms with E-state index in [-0.39, 0.29) is 0 Å². The Morgan fingerprint density at radius 2 is 2.00 bits per heavy atom. The lowest BCUT2D eigenvalue weighted by molar-refractivity contribution is 0.0277. The largest absolute Gasteiger partial charge is 0.378 e. The number of hydrogen-bond donors (Lipinski definition) is 2. The molecule has 1 saturated carbocycles. The van der Waals surface area contributed by atoms with E-state index in [2.05, 4.69) is 52.4 Å². The quantitative estimate of drug-likeness (QED) is 0.211. The molecule has 0 radical (unpaired) electrons. The monoisotopic (exact) mass is 438 g/mol. The highest BCUT2D eigenvalue weighted by Crippen LogP contribution is 2.20. The number of rotatable bonds is 13. The van der Waals surface area contributed by atoms with E-state index < -0.39 is 0 Å². The summed E-state index contributed by atoms with van der Waals surface area (Å²) in [6, 6.07) is 0. The molecule has 7 nitrogen and oxygen atoms in total. The highest BCUT2D eigenvalue weighted by Gasteiger charge is 2.13. The number of aryl methyl sites for hydroxylation is 1. The molecule has 30 heavy (non-hydrogen) atoms. The molecule has 2 rings (SSSR count). The fourth-order valence-electron chi connectivity index (χ4n) is 3.73. The molecule has 1 aromatic heterocycles. The molecule has 172 valence electrons. The summed E-state index contributed by atoms with van der Waals surface area (Å²) in [5, 5.41) is 16.5. The Hall–Kier alpha value is -1.28. The van der Waals surface area contributed by atoms with Crippen molar-refractivity contribution in [1.29, 1.82) is 0 Å². The van der Waals surface area contributed by atoms with Gasteiger partial charge in [0, 0.05) is 39.2 Å². The smallest absolute Gasteiger partial charge is 0.191 e. The molecule has 1 aromatic rings. The van der Waals surface area contributed by atoms with Crippen molar-refractivity contribution in [1.82, 2.24) is 25.4 Å². The topological polar surface area (TPSA) is 76.4 Å². The Balaban J connectivity index is 1.69. The van der Waals surface area contributed by atoms with Gasteiger partial charge in [0.25, 0.3) is 0 Å². The summed E-state index contributed by atoms with van der Waals surface area (Å²) < 4.78 is 8.26. The summed E-state index contributed by atoms with van der Waals surface area (Å²) >= 11 is 1.66. The van der Waals surface area contributed by atoms with Crippen LogP contribution >= 0.6 is 11.8 Å². The minimum Gasteiger partial charge on any atom is -0.378 e. The lowest BCUT2D eigenvalue weighted by Gasteiger charge is -2.22. The van der Waals surface area contributed by atoms with Gasteiger partial charge in [0.05, 0.1) is 6.10 Å². The van der Waals surface area contributed by atoms with Gasteiger partial charge in [-0.25, -0.2) is 0 Å². The van der Waals surface area contributed by atoms with Crippen molar-refractivity contribution >= 4 is 17.7 Å². The van der Waals surface area contributed by atoms with Gasteiger partial charge in [-0.15, -0.1) is 10.2 Å². The van der Waals surface area contributed by atoms with E-state index in [9.17, 15) is 0 Å². The summed E-state index contributed by atoms with van der Waals surface area (Å²) in [6.45, 7) is 10.9. The molecule has 8 heteroatoms. The zero-order valence-corrected chi connectivity index (χ0v) is 20.3. The minimum atomic E-state index is 0.491. The van der Waals surface area contributed by atoms with Crippen molar-refractivity contribution in [3.8, 4) is 0 Å². The maximum atomic E-state index is 6.00. The van der Waals surface area contributed by atoms with Crippen LogP contribution in [0.25, 0.3) is 0 Å². The van der Waals surface area contributed by atoms with Crippen molar-refractivity contribution in [3.05, 3.63) is 5.82 Å². The van der Waals surface area contributed by atoms with Gasteiger partial charge < -0.3 is 19.9 Å². The molecule has 0 saturated heterocycles. The fourth-order valence-corrected chi connectivity index (χ4v) is 4.26. The standard InChI is InChI=1S/C22H42N6OS/c1-5-23-21(25-15-10-16-29-19-11-7-6-8-12-19)24-14-9-13-20-26-27-22(30-4)28(20)17-18(2)3/h18-19H,5-17H2,1-4H3,(H2,23,24,25). The van der Waals surface area contributed by atoms with Crippen LogP contribution in [0.4, 0.5) is 0 Å². The van der Waals surface area contributed by atoms with Crippen LogP contribution in [0, 0.1) is 5.92 Å². The van der Waals surface area contributed by atoms with E-state index >= 15 is 0 Å². The fraction of sp³-hybridized carbons (Fsp3) is 0.864. The Bertz CT molecular complexity index is 613. The molecule has 0 bridgehead atoms. The molecule has 1 aliphatic rings. The second kappa shape index (κ2) is 14.7. The molecule has 0 atom stereocenters. The second-order valence-electron chi connectivity index (χ2n) is 8.38. The molecule has 1 aliphatic carbocycles. The number of aliphatic imine (C=N–C) groups is 1. The molecule has 0 spiro atoms. The molecular formula is C22H42N6OS. The van der Waals surface area contributed by atoms with Gasteiger partial charge in [-0.2, -0.15) is 0 Å². The molecular weight excluding hydrogens is 396 g/mol. The minimum absolute atomic E-state index is 0.491. The van der Waals surface area contributed by atoms with Crippen LogP contribution in [-0.2, 0) is 17.7 Å². The Kier molecular flexibility index (Phi) is 12.2. The average molecular weight is 439 g/mol. The van der Waals surface area contributed by atoms with Gasteiger partial charge >= 0.3 is 0 Å². The Morgan fingerprint density at radius 1 is 1.20 bits per heavy atom. The van der Waals surface area contributed by atoms with Gasteiger partial charge in [0.1, 0.15) is 5.82 Å². The number of aromatic nitrogens is 3. The number of guanidine groups is 1. The summed E-state index contributed by atoms with van der Waals surface area (Å²) in [4.78, 5) is 4.72. The van der Waals surface area contributed by atoms with Crippen LogP contribution < -0.4 is 10.6 Å². The van der Waals surface area contributed by atoms with Crippen LogP contribution in [0.1, 0.15) is 71.5 Å². The number of thioether (sulfide) groups is 1. The number of hydrogen-bond acceptors (Lipinski definition) is 5. The summed E-state index contributed by atoms with van der Waals surface area (Å²) in [6.07, 6.45) is 11.9. The van der Waals surface area contributed by atoms with Crippen LogP contribution in [-0.4, -0.2) is 59.3 Å². The zero-order chi connectivity index (χ0) is 21.6. The van der Waals surface area contributed by atoms with Crippen molar-refractivity contribution in [3.63, 3.8) is 0 Å². The van der Waals surface area contributed by atoms with Crippen molar-refractivity contribution in [2.45, 2.75) is 89.9 Å². The summed E-state index contributed by atoms with van der Waals surface area (Å²) in [7, 11) is 0. The van der Waals surface area contributed by atoms with Crippen LogP contribution in [0.15, 0.2) is 10.1 Å². The lowest BCUT2D eigenvalue weighted by atomic mass is 9.98. The van der Waals surface area contributed by atoms with Crippen molar-refractivity contribution in [2.24, 2.45) is 10.9 Å². The molecule has 2 N–H and O–H groups in total. The maximum Gasteiger partial charge on any atom is 0.191 e. The SMILES string of the molecule is CCNC(=NCCCc1nnc(SC)n1CC(C)C)NCCCOC1CCCCC1. The summed E-state index contributed by atoms with van der Waals surface area (Å²) in [5.41, 5.74) is 0. The van der Waals surface area contributed by atoms with Crippen LogP contribution in [0.3, 0.4) is 0 Å². The third-order valence-corrected chi connectivity index (χ3v) is 5.88. The zero-order valence-electron chi connectivity index (χ0n) is 19.5. The Morgan fingerprint density at radius 3 is 2.70 bits per heavy atom. The Labute approximate surface area is 187 Å². The molecule has 1 heterocycles. The maximum absolute atomic E-state index is 6.00. The first kappa shape index (κ1) is 25.0. The van der Waals surface area contributed by atoms with E-state index in [1.165, 1.54) is 32.1 Å². The lowest BCUT2D eigenvalue weighted by Crippen LogP contribution is -2.38. The van der Waals surface area contributed by atoms with Gasteiger partial charge in [-0.05, 0) is 44.8 Å². The first-order valence-corrected chi connectivity index (χ1v) is 13.0. The molecule has 0 unspecified atom stereocenters. The predicted octanol–water partition coefficient (Wildman–Crippen LogP) is 3.88. The van der Waals surface area contributed by atoms with Gasteiger partial charge in [-0.3, -0.25) is 4.99 Å². The average Bonchev–Trinajstić information content (AvgIpc) is 3.12. The van der Waals surface area contributed by atoms with Crippen LogP contribution in [0.5, 0.6) is 0 Å².